The summed E-state index contributed by atoms with van der Waals surface area (Å²) >= 11 is 0. The summed E-state index contributed by atoms with van der Waals surface area (Å²) in [6.45, 7) is 0. The summed E-state index contributed by atoms with van der Waals surface area (Å²) < 4.78 is 4.00. The Hall–Kier alpha value is 1.06. The molecule has 0 rings (SSSR count). The van der Waals surface area contributed by atoms with Crippen LogP contribution >= 0.6 is 0 Å². The minimum Gasteiger partial charge on any atom is -0.557 e. The third-order valence-corrected chi connectivity index (χ3v) is 0. The van der Waals surface area contributed by atoms with E-state index in [4.69, 9.17) is 0 Å². The molecule has 0 aliphatic carbocycles. The van der Waals surface area contributed by atoms with Crippen molar-refractivity contribution in [2.75, 3.05) is 7.11 Å². The Bertz CT molecular complexity index is 6.85. The number of rotatable bonds is 0. The quantitative estimate of drug-likeness (QED) is 0.464. The van der Waals surface area contributed by atoms with Crippen LogP contribution in [0.1, 0.15) is 0 Å². The van der Waals surface area contributed by atoms with Crippen LogP contribution in [-0.2, 0) is 37.4 Å². The van der Waals surface area contributed by atoms with E-state index in [1.807, 2.05) is 0 Å². The second-order valence-corrected chi connectivity index (χ2v) is 0.289. The molecule has 0 heterocycles. The maximum atomic E-state index is 4.00. The van der Waals surface area contributed by atoms with Gasteiger partial charge in [0.25, 0.3) is 0 Å². The molecule has 0 aromatic heterocycles. The van der Waals surface area contributed by atoms with Gasteiger partial charge in [-0.1, -0.05) is 0 Å². The first-order chi connectivity index (χ1) is 1.41. The molecule has 0 fully saturated rings. The molecule has 1 nitrogen and oxygen atoms in total. The largest absolute Gasteiger partial charge is 0.557 e. The standard InChI is InChI=1S/C2H5O.CH3.Y/c1-3-2;;/h1H2,2H3;1H3;/q2*-1;. The van der Waals surface area contributed by atoms with Crippen molar-refractivity contribution in [3.8, 4) is 0 Å². The second-order valence-electron chi connectivity index (χ2n) is 0.289. The maximum absolute atomic E-state index is 4.00. The molecule has 0 spiro atoms. The average molecular weight is 149 g/mol. The van der Waals surface area contributed by atoms with Gasteiger partial charge in [0.1, 0.15) is 0 Å². The molecule has 0 bridgehead atoms. The van der Waals surface area contributed by atoms with Crippen LogP contribution < -0.4 is 0 Å². The predicted molar refractivity (Wildman–Crippen MR) is 18.8 cm³/mol. The van der Waals surface area contributed by atoms with Crippen molar-refractivity contribution < 1.29 is 37.4 Å². The zero-order valence-electron chi connectivity index (χ0n) is 3.69. The molecule has 0 unspecified atom stereocenters. The monoisotopic (exact) mass is 149 g/mol. The van der Waals surface area contributed by atoms with Gasteiger partial charge in [0.2, 0.25) is 0 Å². The van der Waals surface area contributed by atoms with Crippen molar-refractivity contribution in [1.82, 2.24) is 0 Å². The van der Waals surface area contributed by atoms with Crippen molar-refractivity contribution in [2.24, 2.45) is 0 Å². The third kappa shape index (κ3) is 42.0. The van der Waals surface area contributed by atoms with Crippen LogP contribution in [0.15, 0.2) is 0 Å². The Morgan fingerprint density at radius 1 is 1.60 bits per heavy atom. The molecule has 0 aliphatic rings. The topological polar surface area (TPSA) is 9.23 Å². The zero-order chi connectivity index (χ0) is 2.71. The fraction of sp³-hybridized carbons (Fsp3) is 0.333. The van der Waals surface area contributed by atoms with Gasteiger partial charge < -0.3 is 12.2 Å². The molecule has 2 heteroatoms. The van der Waals surface area contributed by atoms with E-state index in [1.54, 1.807) is 0 Å². The van der Waals surface area contributed by atoms with Gasteiger partial charge in [-0.2, -0.15) is 0 Å². The summed E-state index contributed by atoms with van der Waals surface area (Å²) in [7, 11) is 4.50. The Morgan fingerprint density at radius 3 is 1.60 bits per heavy atom. The van der Waals surface area contributed by atoms with E-state index in [1.165, 1.54) is 7.11 Å². The summed E-state index contributed by atoms with van der Waals surface area (Å²) in [5.41, 5.74) is 0. The predicted octanol–water partition coefficient (Wildman–Crippen LogP) is 0.872. The summed E-state index contributed by atoms with van der Waals surface area (Å²) in [4.78, 5) is 0. The van der Waals surface area contributed by atoms with E-state index in [2.05, 4.69) is 11.8 Å². The van der Waals surface area contributed by atoms with Gasteiger partial charge in [0.15, 0.2) is 0 Å². The van der Waals surface area contributed by atoms with Gasteiger partial charge in [-0.25, -0.2) is 7.11 Å². The normalized spacial score (nSPS) is 3.60. The fourth-order valence-corrected chi connectivity index (χ4v) is 0. The molecule has 0 atom stereocenters. The Balaban J connectivity index is -0.0000000200. The minimum atomic E-state index is 0. The summed E-state index contributed by atoms with van der Waals surface area (Å²) in [5, 5.41) is 0. The summed E-state index contributed by atoms with van der Waals surface area (Å²) in [5.74, 6) is 0. The van der Waals surface area contributed by atoms with Gasteiger partial charge in [0.05, 0.1) is 0 Å². The molecule has 0 amide bonds. The average Bonchev–Trinajstić information content (AvgIpc) is 0.918. The van der Waals surface area contributed by atoms with Crippen LogP contribution in [0.2, 0.25) is 0 Å². The molecule has 0 aromatic carbocycles. The number of hydrogen-bond acceptors (Lipinski definition) is 1. The van der Waals surface area contributed by atoms with E-state index in [9.17, 15) is 0 Å². The van der Waals surface area contributed by atoms with E-state index >= 15 is 0 Å². The summed E-state index contributed by atoms with van der Waals surface area (Å²) in [6.07, 6.45) is 0. The molecule has 0 N–H and O–H groups in total. The first kappa shape index (κ1) is 16.6. The number of methoxy groups -OCH3 is 1. The van der Waals surface area contributed by atoms with Crippen LogP contribution in [0.25, 0.3) is 0 Å². The van der Waals surface area contributed by atoms with Gasteiger partial charge in [-0.3, -0.25) is 0 Å². The van der Waals surface area contributed by atoms with E-state index in [-0.39, 0.29) is 40.1 Å². The van der Waals surface area contributed by atoms with Crippen LogP contribution in [0.3, 0.4) is 0 Å². The molecule has 0 aliphatic heterocycles. The van der Waals surface area contributed by atoms with Crippen molar-refractivity contribution in [3.63, 3.8) is 0 Å². The van der Waals surface area contributed by atoms with Crippen LogP contribution in [0, 0.1) is 14.5 Å². The third-order valence-electron chi connectivity index (χ3n) is 0. The van der Waals surface area contributed by atoms with Crippen LogP contribution in [0.5, 0.6) is 0 Å². The van der Waals surface area contributed by atoms with Gasteiger partial charge in [-0.05, 0) is 7.11 Å². The SMILES string of the molecule is [CH2-]OC.[CH3-].[Y]. The fourth-order valence-electron chi connectivity index (χ4n) is 0. The maximum Gasteiger partial charge on any atom is 0 e. The van der Waals surface area contributed by atoms with E-state index < -0.39 is 0 Å². The zero-order valence-corrected chi connectivity index (χ0v) is 6.53. The molecule has 1 radical (unpaired) electrons. The molecule has 31 valence electrons. The van der Waals surface area contributed by atoms with Crippen molar-refractivity contribution >= 4 is 0 Å². The summed E-state index contributed by atoms with van der Waals surface area (Å²) in [6, 6.07) is 0. The van der Waals surface area contributed by atoms with Crippen LogP contribution in [-0.4, -0.2) is 7.11 Å². The van der Waals surface area contributed by atoms with Crippen LogP contribution in [0.4, 0.5) is 0 Å². The van der Waals surface area contributed by atoms with Crippen molar-refractivity contribution in [2.45, 2.75) is 0 Å². The van der Waals surface area contributed by atoms with Crippen molar-refractivity contribution in [3.05, 3.63) is 14.5 Å². The first-order valence-electron chi connectivity index (χ1n) is 0.697. The van der Waals surface area contributed by atoms with Gasteiger partial charge in [0, 0.05) is 32.7 Å². The van der Waals surface area contributed by atoms with E-state index in [0.717, 1.165) is 0 Å². The first-order valence-corrected chi connectivity index (χ1v) is 0.697. The van der Waals surface area contributed by atoms with Gasteiger partial charge in [-0.15, -0.1) is 0 Å². The Kier molecular flexibility index (Phi) is 65.0. The molecule has 0 saturated carbocycles. The molecular formula is C3H8OY-2. The Labute approximate surface area is 59.0 Å². The van der Waals surface area contributed by atoms with Crippen molar-refractivity contribution in [1.29, 1.82) is 0 Å². The number of hydrogen-bond donors (Lipinski definition) is 0. The Morgan fingerprint density at radius 2 is 1.60 bits per heavy atom. The number of ether oxygens (including phenoxy) is 1. The smallest absolute Gasteiger partial charge is 0 e. The molecule has 0 saturated heterocycles. The molecular weight excluding hydrogens is 141 g/mol. The van der Waals surface area contributed by atoms with Gasteiger partial charge >= 0.3 is 0 Å². The molecule has 0 aromatic rings. The second kappa shape index (κ2) is 19.6. The van der Waals surface area contributed by atoms with E-state index in [0.29, 0.717) is 0 Å². The minimum absolute atomic E-state index is 0. The molecule has 5 heavy (non-hydrogen) atoms.